The van der Waals surface area contributed by atoms with Crippen LogP contribution in [0.5, 0.6) is 5.75 Å². The average molecular weight is 618 g/mol. The zero-order valence-corrected chi connectivity index (χ0v) is 25.8. The Labute approximate surface area is 258 Å². The highest BCUT2D eigenvalue weighted by Crippen LogP contribution is 2.26. The van der Waals surface area contributed by atoms with Crippen molar-refractivity contribution in [1.29, 1.82) is 0 Å². The molecule has 0 fully saturated rings. The lowest BCUT2D eigenvalue weighted by Crippen LogP contribution is -2.53. The van der Waals surface area contributed by atoms with Crippen LogP contribution in [0.3, 0.4) is 0 Å². The lowest BCUT2D eigenvalue weighted by molar-refractivity contribution is -0.140. The monoisotopic (exact) mass is 617 g/mol. The molecule has 0 heterocycles. The molecule has 4 aromatic carbocycles. The fraction of sp³-hybridized carbons (Fsp3) is 0.235. The second-order valence-corrected chi connectivity index (χ2v) is 12.1. The van der Waals surface area contributed by atoms with Crippen molar-refractivity contribution in [1.82, 2.24) is 10.2 Å². The van der Waals surface area contributed by atoms with E-state index in [1.165, 1.54) is 12.0 Å². The Hall–Kier alpha value is -4.70. The predicted octanol–water partition coefficient (Wildman–Crippen LogP) is 5.11. The summed E-state index contributed by atoms with van der Waals surface area (Å²) < 4.78 is 48.0. The lowest BCUT2D eigenvalue weighted by Gasteiger charge is -2.34. The van der Waals surface area contributed by atoms with Crippen LogP contribution in [-0.4, -0.2) is 51.4 Å². The first kappa shape index (κ1) is 32.2. The number of hydrogen-bond donors (Lipinski definition) is 1. The second-order valence-electron chi connectivity index (χ2n) is 10.3. The Balaban J connectivity index is 1.80. The number of sulfonamides is 1. The number of benzene rings is 4. The standard InChI is InChI=1S/C34H36FN3O5S/c1-4-36-34(40)32(22-26-9-6-5-7-10-26)37(23-27-11-8-12-30(21-27)43-3)33(39)24-38(29-17-13-25(2)14-18-29)44(41,42)31-19-15-28(35)16-20-31/h5-21,32H,4,22-24H2,1-3H3,(H,36,40)/t32-/m1/s1. The first-order chi connectivity index (χ1) is 21.1. The smallest absolute Gasteiger partial charge is 0.264 e. The Bertz CT molecular complexity index is 1660. The highest BCUT2D eigenvalue weighted by atomic mass is 32.2. The van der Waals surface area contributed by atoms with E-state index in [-0.39, 0.29) is 29.5 Å². The van der Waals surface area contributed by atoms with Gasteiger partial charge in [-0.15, -0.1) is 0 Å². The summed E-state index contributed by atoms with van der Waals surface area (Å²) in [7, 11) is -2.78. The van der Waals surface area contributed by atoms with Crippen LogP contribution >= 0.6 is 0 Å². The summed E-state index contributed by atoms with van der Waals surface area (Å²) in [6.07, 6.45) is 0.206. The molecule has 0 spiro atoms. The van der Waals surface area contributed by atoms with E-state index in [0.29, 0.717) is 17.9 Å². The van der Waals surface area contributed by atoms with Crippen LogP contribution in [0, 0.1) is 12.7 Å². The number of hydrogen-bond acceptors (Lipinski definition) is 5. The molecule has 0 radical (unpaired) electrons. The number of nitrogens with zero attached hydrogens (tertiary/aromatic N) is 2. The molecule has 0 bridgehead atoms. The van der Waals surface area contributed by atoms with Crippen LogP contribution in [0.2, 0.25) is 0 Å². The quantitative estimate of drug-likeness (QED) is 0.225. The van der Waals surface area contributed by atoms with E-state index in [1.807, 2.05) is 43.3 Å². The second kappa shape index (κ2) is 14.7. The molecule has 4 aromatic rings. The number of amides is 2. The number of rotatable bonds is 13. The van der Waals surface area contributed by atoms with E-state index in [4.69, 9.17) is 4.74 Å². The predicted molar refractivity (Wildman–Crippen MR) is 168 cm³/mol. The molecule has 4 rings (SSSR count). The molecule has 0 aromatic heterocycles. The van der Waals surface area contributed by atoms with Gasteiger partial charge in [0.25, 0.3) is 10.0 Å². The Morgan fingerprint density at radius 3 is 2.18 bits per heavy atom. The Morgan fingerprint density at radius 1 is 0.886 bits per heavy atom. The van der Waals surface area contributed by atoms with Gasteiger partial charge in [-0.2, -0.15) is 0 Å². The average Bonchev–Trinajstić information content (AvgIpc) is 3.02. The molecule has 0 aliphatic rings. The van der Waals surface area contributed by atoms with Crippen molar-refractivity contribution >= 4 is 27.5 Å². The molecule has 1 N–H and O–H groups in total. The van der Waals surface area contributed by atoms with Gasteiger partial charge in [-0.05, 0) is 73.5 Å². The van der Waals surface area contributed by atoms with Gasteiger partial charge in [-0.1, -0.05) is 60.2 Å². The first-order valence-electron chi connectivity index (χ1n) is 14.2. The topological polar surface area (TPSA) is 96.0 Å². The van der Waals surface area contributed by atoms with Crippen LogP contribution < -0.4 is 14.4 Å². The van der Waals surface area contributed by atoms with Crippen molar-refractivity contribution in [2.75, 3.05) is 24.5 Å². The van der Waals surface area contributed by atoms with E-state index in [2.05, 4.69) is 5.32 Å². The molecule has 0 aliphatic carbocycles. The zero-order valence-electron chi connectivity index (χ0n) is 24.9. The minimum atomic E-state index is -4.31. The van der Waals surface area contributed by atoms with E-state index >= 15 is 0 Å². The molecule has 0 aliphatic heterocycles. The number of ether oxygens (including phenoxy) is 1. The summed E-state index contributed by atoms with van der Waals surface area (Å²) in [6.45, 7) is 3.42. The summed E-state index contributed by atoms with van der Waals surface area (Å²) in [4.78, 5) is 29.2. The molecular formula is C34H36FN3O5S. The fourth-order valence-electron chi connectivity index (χ4n) is 4.79. The van der Waals surface area contributed by atoms with Crippen molar-refractivity contribution in [2.24, 2.45) is 0 Å². The molecule has 0 saturated heterocycles. The molecule has 0 saturated carbocycles. The van der Waals surface area contributed by atoms with Gasteiger partial charge in [0.1, 0.15) is 24.2 Å². The number of carbonyl (C=O) groups is 2. The van der Waals surface area contributed by atoms with Crippen LogP contribution in [0.15, 0.2) is 108 Å². The van der Waals surface area contributed by atoms with Gasteiger partial charge < -0.3 is 15.0 Å². The van der Waals surface area contributed by atoms with Crippen molar-refractivity contribution in [2.45, 2.75) is 37.8 Å². The minimum absolute atomic E-state index is 0.0169. The Morgan fingerprint density at radius 2 is 1.55 bits per heavy atom. The molecule has 8 nitrogen and oxygen atoms in total. The normalized spacial score (nSPS) is 11.8. The van der Waals surface area contributed by atoms with Gasteiger partial charge >= 0.3 is 0 Å². The Kier molecular flexibility index (Phi) is 10.7. The summed E-state index contributed by atoms with van der Waals surface area (Å²) in [5.74, 6) is -0.966. The van der Waals surface area contributed by atoms with Crippen LogP contribution in [0.25, 0.3) is 0 Å². The van der Waals surface area contributed by atoms with Crippen molar-refractivity contribution in [3.05, 3.63) is 126 Å². The van der Waals surface area contributed by atoms with Crippen molar-refractivity contribution < 1.29 is 27.1 Å². The summed E-state index contributed by atoms with van der Waals surface area (Å²) in [5, 5.41) is 2.84. The first-order valence-corrected chi connectivity index (χ1v) is 15.7. The number of carbonyl (C=O) groups excluding carboxylic acids is 2. The van der Waals surface area contributed by atoms with Crippen LogP contribution in [0.1, 0.15) is 23.6 Å². The number of methoxy groups -OCH3 is 1. The highest BCUT2D eigenvalue weighted by Gasteiger charge is 2.34. The maximum atomic E-state index is 14.4. The van der Waals surface area contributed by atoms with Gasteiger partial charge in [0.15, 0.2) is 0 Å². The maximum absolute atomic E-state index is 14.4. The van der Waals surface area contributed by atoms with Gasteiger partial charge in [-0.3, -0.25) is 13.9 Å². The van der Waals surface area contributed by atoms with E-state index in [1.54, 1.807) is 49.4 Å². The molecule has 10 heteroatoms. The van der Waals surface area contributed by atoms with Gasteiger partial charge in [-0.25, -0.2) is 12.8 Å². The van der Waals surface area contributed by atoms with Crippen molar-refractivity contribution in [3.8, 4) is 5.75 Å². The maximum Gasteiger partial charge on any atom is 0.264 e. The van der Waals surface area contributed by atoms with Crippen molar-refractivity contribution in [3.63, 3.8) is 0 Å². The number of halogens is 1. The van der Waals surface area contributed by atoms with E-state index < -0.39 is 34.3 Å². The molecule has 230 valence electrons. The molecule has 2 amide bonds. The van der Waals surface area contributed by atoms with Gasteiger partial charge in [0.05, 0.1) is 17.7 Å². The highest BCUT2D eigenvalue weighted by molar-refractivity contribution is 7.92. The lowest BCUT2D eigenvalue weighted by atomic mass is 10.0. The number of likely N-dealkylation sites (N-methyl/N-ethyl adjacent to an activating group) is 1. The van der Waals surface area contributed by atoms with E-state index in [0.717, 1.165) is 39.7 Å². The third-order valence-electron chi connectivity index (χ3n) is 7.11. The number of aryl methyl sites for hydroxylation is 1. The van der Waals surface area contributed by atoms with Crippen LogP contribution in [-0.2, 0) is 32.6 Å². The SMILES string of the molecule is CCNC(=O)[C@@H](Cc1ccccc1)N(Cc1cccc(OC)c1)C(=O)CN(c1ccc(C)cc1)S(=O)(=O)c1ccc(F)cc1. The molecule has 44 heavy (non-hydrogen) atoms. The van der Waals surface area contributed by atoms with Gasteiger partial charge in [0.2, 0.25) is 11.8 Å². The summed E-state index contributed by atoms with van der Waals surface area (Å²) >= 11 is 0. The molecular weight excluding hydrogens is 581 g/mol. The molecule has 0 unspecified atom stereocenters. The van der Waals surface area contributed by atoms with Crippen LogP contribution in [0.4, 0.5) is 10.1 Å². The van der Waals surface area contributed by atoms with E-state index in [9.17, 15) is 22.4 Å². The minimum Gasteiger partial charge on any atom is -0.497 e. The third kappa shape index (κ3) is 8.02. The third-order valence-corrected chi connectivity index (χ3v) is 8.90. The zero-order chi connectivity index (χ0) is 31.7. The largest absolute Gasteiger partial charge is 0.497 e. The summed E-state index contributed by atoms with van der Waals surface area (Å²) in [5.41, 5.74) is 2.69. The number of anilines is 1. The summed E-state index contributed by atoms with van der Waals surface area (Å²) in [6, 6.07) is 26.7. The number of nitrogens with one attached hydrogen (secondary N) is 1. The fourth-order valence-corrected chi connectivity index (χ4v) is 6.20. The molecule has 1 atom stereocenters. The van der Waals surface area contributed by atoms with Gasteiger partial charge in [0, 0.05) is 19.5 Å².